The van der Waals surface area contributed by atoms with Crippen molar-refractivity contribution in [2.75, 3.05) is 0 Å². The van der Waals surface area contributed by atoms with Crippen LogP contribution in [0.1, 0.15) is 22.3 Å². The first-order chi connectivity index (χ1) is 9.49. The third-order valence-corrected chi connectivity index (χ3v) is 3.28. The number of hydrogen-bond acceptors (Lipinski definition) is 2. The lowest BCUT2D eigenvalue weighted by molar-refractivity contribution is 0.297. The predicted octanol–water partition coefficient (Wildman–Crippen LogP) is 3.66. The van der Waals surface area contributed by atoms with Crippen molar-refractivity contribution in [3.63, 3.8) is 0 Å². The molecule has 0 fully saturated rings. The molecule has 2 aromatic carbocycles. The molecule has 0 aliphatic carbocycles. The van der Waals surface area contributed by atoms with Gasteiger partial charge >= 0.3 is 0 Å². The number of hydrogen-bond donors (Lipinski definition) is 1. The first-order valence-electron chi connectivity index (χ1n) is 6.26. The van der Waals surface area contributed by atoms with Gasteiger partial charge in [0.05, 0.1) is 0 Å². The summed E-state index contributed by atoms with van der Waals surface area (Å²) in [4.78, 5) is 0.0517. The highest BCUT2D eigenvalue weighted by Gasteiger charge is 2.10. The monoisotopic (exact) mass is 289 g/mol. The number of nitrogens with two attached hydrogens (primary N) is 1. The lowest BCUT2D eigenvalue weighted by Crippen LogP contribution is -2.13. The smallest absolute Gasteiger partial charge is 0.139 e. The second-order valence-corrected chi connectivity index (χ2v) is 5.14. The Morgan fingerprint density at radius 2 is 2.00 bits per heavy atom. The van der Waals surface area contributed by atoms with E-state index < -0.39 is 5.82 Å². The van der Waals surface area contributed by atoms with Crippen molar-refractivity contribution in [2.24, 2.45) is 5.73 Å². The quantitative estimate of drug-likeness (QED) is 0.873. The minimum absolute atomic E-state index is 0.0517. The zero-order valence-electron chi connectivity index (χ0n) is 11.4. The van der Waals surface area contributed by atoms with Crippen LogP contribution in [0, 0.1) is 19.7 Å². The molecular weight excluding hydrogens is 273 g/mol. The van der Waals surface area contributed by atoms with Crippen molar-refractivity contribution in [3.8, 4) is 5.75 Å². The van der Waals surface area contributed by atoms with Crippen molar-refractivity contribution in [3.05, 3.63) is 64.5 Å². The van der Waals surface area contributed by atoms with Gasteiger partial charge in [0, 0.05) is 11.1 Å². The van der Waals surface area contributed by atoms with E-state index in [9.17, 15) is 4.39 Å². The Morgan fingerprint density at radius 1 is 1.25 bits per heavy atom. The second kappa shape index (κ2) is 6.01. The van der Waals surface area contributed by atoms with Gasteiger partial charge in [-0.1, -0.05) is 42.0 Å². The minimum Gasteiger partial charge on any atom is -0.489 e. The molecule has 0 amide bonds. The van der Waals surface area contributed by atoms with Crippen LogP contribution in [0.15, 0.2) is 36.4 Å². The predicted molar refractivity (Wildman–Crippen MR) is 82.5 cm³/mol. The molecule has 0 saturated heterocycles. The molecule has 2 N–H and O–H groups in total. The number of rotatable bonds is 4. The number of benzene rings is 2. The SMILES string of the molecule is Cc1ccc(OCc2cccc(C(N)=S)c2F)c(C)c1. The molecule has 0 aromatic heterocycles. The molecule has 20 heavy (non-hydrogen) atoms. The van der Waals surface area contributed by atoms with Crippen molar-refractivity contribution in [1.29, 1.82) is 0 Å². The van der Waals surface area contributed by atoms with Gasteiger partial charge in [-0.25, -0.2) is 4.39 Å². The van der Waals surface area contributed by atoms with Crippen LogP contribution in [0.4, 0.5) is 4.39 Å². The van der Waals surface area contributed by atoms with Crippen molar-refractivity contribution < 1.29 is 9.13 Å². The lowest BCUT2D eigenvalue weighted by Gasteiger charge is -2.11. The van der Waals surface area contributed by atoms with Gasteiger partial charge in [-0.05, 0) is 31.5 Å². The van der Waals surface area contributed by atoms with Crippen LogP contribution < -0.4 is 10.5 Å². The van der Waals surface area contributed by atoms with Gasteiger partial charge in [0.1, 0.15) is 23.2 Å². The molecule has 4 heteroatoms. The van der Waals surface area contributed by atoms with E-state index in [1.807, 2.05) is 32.0 Å². The molecular formula is C16H16FNOS. The van der Waals surface area contributed by atoms with E-state index in [0.29, 0.717) is 5.56 Å². The largest absolute Gasteiger partial charge is 0.489 e. The van der Waals surface area contributed by atoms with Crippen LogP contribution in [0.2, 0.25) is 0 Å². The molecule has 0 bridgehead atoms. The van der Waals surface area contributed by atoms with Crippen LogP contribution in [0.5, 0.6) is 5.75 Å². The Balaban J connectivity index is 2.19. The van der Waals surface area contributed by atoms with Gasteiger partial charge < -0.3 is 10.5 Å². The van der Waals surface area contributed by atoms with Crippen LogP contribution in [0.3, 0.4) is 0 Å². The molecule has 104 valence electrons. The minimum atomic E-state index is -0.412. The fourth-order valence-electron chi connectivity index (χ4n) is 2.00. The normalized spacial score (nSPS) is 10.3. The summed E-state index contributed by atoms with van der Waals surface area (Å²) in [5, 5.41) is 0. The summed E-state index contributed by atoms with van der Waals surface area (Å²) < 4.78 is 19.8. The van der Waals surface area contributed by atoms with Gasteiger partial charge in [0.15, 0.2) is 0 Å². The van der Waals surface area contributed by atoms with E-state index >= 15 is 0 Å². The highest BCUT2D eigenvalue weighted by molar-refractivity contribution is 7.80. The third kappa shape index (κ3) is 3.14. The fraction of sp³-hybridized carbons (Fsp3) is 0.188. The fourth-order valence-corrected chi connectivity index (χ4v) is 2.16. The van der Waals surface area contributed by atoms with Crippen LogP contribution in [-0.2, 0) is 6.61 Å². The second-order valence-electron chi connectivity index (χ2n) is 4.70. The maximum absolute atomic E-state index is 14.1. The Bertz CT molecular complexity index is 655. The Hall–Kier alpha value is -1.94. The number of ether oxygens (including phenoxy) is 1. The maximum atomic E-state index is 14.1. The zero-order valence-corrected chi connectivity index (χ0v) is 12.3. The molecule has 0 aliphatic rings. The van der Waals surface area contributed by atoms with Gasteiger partial charge in [-0.3, -0.25) is 0 Å². The molecule has 0 unspecified atom stereocenters. The Labute approximate surface area is 123 Å². The van der Waals surface area contributed by atoms with E-state index in [4.69, 9.17) is 22.7 Å². The van der Waals surface area contributed by atoms with Gasteiger partial charge in [0.25, 0.3) is 0 Å². The summed E-state index contributed by atoms with van der Waals surface area (Å²) >= 11 is 4.82. The molecule has 0 aliphatic heterocycles. The number of aryl methyl sites for hydroxylation is 2. The van der Waals surface area contributed by atoms with Crippen LogP contribution >= 0.6 is 12.2 Å². The maximum Gasteiger partial charge on any atom is 0.139 e. The molecule has 2 nitrogen and oxygen atoms in total. The molecule has 0 spiro atoms. The third-order valence-electron chi connectivity index (χ3n) is 3.06. The van der Waals surface area contributed by atoms with E-state index in [2.05, 4.69) is 0 Å². The van der Waals surface area contributed by atoms with Crippen molar-refractivity contribution in [2.45, 2.75) is 20.5 Å². The number of thiocarbonyl (C=S) groups is 1. The standard InChI is InChI=1S/C16H16FNOS/c1-10-6-7-14(11(2)8-10)19-9-12-4-3-5-13(15(12)17)16(18)20/h3-8H,9H2,1-2H3,(H2,18,20). The highest BCUT2D eigenvalue weighted by atomic mass is 32.1. The average molecular weight is 289 g/mol. The summed E-state index contributed by atoms with van der Waals surface area (Å²) in [5.74, 6) is 0.334. The van der Waals surface area contributed by atoms with Crippen molar-refractivity contribution >= 4 is 17.2 Å². The highest BCUT2D eigenvalue weighted by Crippen LogP contribution is 2.21. The van der Waals surface area contributed by atoms with Gasteiger partial charge in [0.2, 0.25) is 0 Å². The molecule has 2 aromatic rings. The molecule has 0 radical (unpaired) electrons. The van der Waals surface area contributed by atoms with E-state index in [1.165, 1.54) is 0 Å². The molecule has 2 rings (SSSR count). The van der Waals surface area contributed by atoms with Crippen LogP contribution in [-0.4, -0.2) is 4.99 Å². The van der Waals surface area contributed by atoms with Crippen molar-refractivity contribution in [1.82, 2.24) is 0 Å². The summed E-state index contributed by atoms with van der Waals surface area (Å²) in [6.45, 7) is 4.12. The first kappa shape index (κ1) is 14.5. The molecule has 0 atom stereocenters. The van der Waals surface area contributed by atoms with E-state index in [-0.39, 0.29) is 17.2 Å². The Kier molecular flexibility index (Phi) is 4.35. The van der Waals surface area contributed by atoms with Gasteiger partial charge in [-0.15, -0.1) is 0 Å². The average Bonchev–Trinajstić information content (AvgIpc) is 2.39. The molecule has 0 heterocycles. The van der Waals surface area contributed by atoms with E-state index in [0.717, 1.165) is 16.9 Å². The topological polar surface area (TPSA) is 35.2 Å². The summed E-state index contributed by atoms with van der Waals surface area (Å²) in [6.07, 6.45) is 0. The zero-order chi connectivity index (χ0) is 14.7. The summed E-state index contributed by atoms with van der Waals surface area (Å²) in [5.41, 5.74) is 8.36. The Morgan fingerprint density at radius 3 is 2.65 bits per heavy atom. The van der Waals surface area contributed by atoms with Crippen LogP contribution in [0.25, 0.3) is 0 Å². The first-order valence-corrected chi connectivity index (χ1v) is 6.67. The van der Waals surface area contributed by atoms with E-state index in [1.54, 1.807) is 18.2 Å². The number of halogens is 1. The summed E-state index contributed by atoms with van der Waals surface area (Å²) in [7, 11) is 0. The summed E-state index contributed by atoms with van der Waals surface area (Å²) in [6, 6.07) is 10.8. The lowest BCUT2D eigenvalue weighted by atomic mass is 10.1. The molecule has 0 saturated carbocycles. The van der Waals surface area contributed by atoms with Gasteiger partial charge in [-0.2, -0.15) is 0 Å².